The lowest BCUT2D eigenvalue weighted by Gasteiger charge is -2.30. The van der Waals surface area contributed by atoms with Crippen molar-refractivity contribution in [1.29, 1.82) is 5.26 Å². The van der Waals surface area contributed by atoms with Crippen LogP contribution in [0.4, 0.5) is 0 Å². The number of hydrogen-bond acceptors (Lipinski definition) is 5. The number of rotatable bonds is 5. The molecule has 30 heavy (non-hydrogen) atoms. The molecule has 4 rings (SSSR count). The van der Waals surface area contributed by atoms with Crippen molar-refractivity contribution in [2.75, 3.05) is 19.7 Å². The number of nitriles is 1. The molecule has 0 bridgehead atoms. The predicted molar refractivity (Wildman–Crippen MR) is 113 cm³/mol. The van der Waals surface area contributed by atoms with E-state index in [4.69, 9.17) is 4.74 Å². The SMILES string of the molecule is CCOC(=O)C1CCN(Cc2ccc(C3=C(C#N)C(=O)c4ccccc43)cc2)CC1. The van der Waals surface area contributed by atoms with Crippen molar-refractivity contribution >= 4 is 17.3 Å². The molecule has 0 atom stereocenters. The Bertz CT molecular complexity index is 1040. The van der Waals surface area contributed by atoms with E-state index in [-0.39, 0.29) is 23.2 Å². The molecule has 0 N–H and O–H groups in total. The van der Waals surface area contributed by atoms with E-state index in [1.165, 1.54) is 5.56 Å². The lowest BCUT2D eigenvalue weighted by molar-refractivity contribution is -0.149. The summed E-state index contributed by atoms with van der Waals surface area (Å²) in [5.41, 5.74) is 4.41. The zero-order chi connectivity index (χ0) is 21.1. The maximum absolute atomic E-state index is 12.5. The number of hydrogen-bond donors (Lipinski definition) is 0. The fourth-order valence-corrected chi connectivity index (χ4v) is 4.31. The second-order valence-corrected chi connectivity index (χ2v) is 7.74. The maximum atomic E-state index is 12.5. The summed E-state index contributed by atoms with van der Waals surface area (Å²) >= 11 is 0. The van der Waals surface area contributed by atoms with E-state index in [0.29, 0.717) is 12.2 Å². The van der Waals surface area contributed by atoms with Gasteiger partial charge >= 0.3 is 5.97 Å². The third kappa shape index (κ3) is 3.79. The van der Waals surface area contributed by atoms with Crippen LogP contribution in [0.1, 0.15) is 46.8 Å². The molecule has 0 spiro atoms. The van der Waals surface area contributed by atoms with Crippen molar-refractivity contribution in [3.8, 4) is 6.07 Å². The van der Waals surface area contributed by atoms with Gasteiger partial charge in [-0.2, -0.15) is 5.26 Å². The first-order valence-corrected chi connectivity index (χ1v) is 10.4. The Balaban J connectivity index is 1.46. The van der Waals surface area contributed by atoms with Gasteiger partial charge in [0.15, 0.2) is 0 Å². The smallest absolute Gasteiger partial charge is 0.309 e. The molecule has 1 heterocycles. The molecule has 2 aromatic carbocycles. The third-order valence-electron chi connectivity index (χ3n) is 5.89. The second kappa shape index (κ2) is 8.64. The van der Waals surface area contributed by atoms with Crippen molar-refractivity contribution < 1.29 is 14.3 Å². The van der Waals surface area contributed by atoms with Crippen LogP contribution in [0.3, 0.4) is 0 Å². The van der Waals surface area contributed by atoms with E-state index in [2.05, 4.69) is 23.1 Å². The first kappa shape index (κ1) is 20.1. The van der Waals surface area contributed by atoms with Crippen LogP contribution in [-0.4, -0.2) is 36.3 Å². The number of nitrogens with zero attached hydrogens (tertiary/aromatic N) is 2. The number of ketones is 1. The number of carbonyl (C=O) groups excluding carboxylic acids is 2. The van der Waals surface area contributed by atoms with Gasteiger partial charge in [0.1, 0.15) is 11.6 Å². The lowest BCUT2D eigenvalue weighted by atomic mass is 9.95. The minimum Gasteiger partial charge on any atom is -0.466 e. The van der Waals surface area contributed by atoms with Crippen LogP contribution >= 0.6 is 0 Å². The van der Waals surface area contributed by atoms with Crippen molar-refractivity contribution in [2.24, 2.45) is 5.92 Å². The number of benzene rings is 2. The Labute approximate surface area is 176 Å². The van der Waals surface area contributed by atoms with Crippen LogP contribution in [0.25, 0.3) is 5.57 Å². The zero-order valence-corrected chi connectivity index (χ0v) is 17.1. The standard InChI is InChI=1S/C25H24N2O3/c1-2-30-25(29)19-11-13-27(14-12-19)16-17-7-9-18(10-8-17)23-20-5-3-4-6-21(20)24(28)22(23)15-26/h3-10,19H,2,11-14,16H2,1H3. The van der Waals surface area contributed by atoms with E-state index < -0.39 is 0 Å². The molecule has 0 amide bonds. The van der Waals surface area contributed by atoms with Crippen LogP contribution in [0.5, 0.6) is 0 Å². The van der Waals surface area contributed by atoms with Gasteiger partial charge in [-0.05, 0) is 49.5 Å². The largest absolute Gasteiger partial charge is 0.466 e. The average molecular weight is 400 g/mol. The van der Waals surface area contributed by atoms with Gasteiger partial charge in [0.05, 0.1) is 12.5 Å². The summed E-state index contributed by atoms with van der Waals surface area (Å²) < 4.78 is 5.14. The van der Waals surface area contributed by atoms with Gasteiger partial charge in [-0.1, -0.05) is 48.5 Å². The van der Waals surface area contributed by atoms with Gasteiger partial charge in [0, 0.05) is 17.7 Å². The molecule has 1 aliphatic carbocycles. The summed E-state index contributed by atoms with van der Waals surface area (Å²) in [6.07, 6.45) is 1.66. The minimum absolute atomic E-state index is 0.0138. The molecule has 2 aliphatic rings. The Hall–Kier alpha value is -3.23. The van der Waals surface area contributed by atoms with Crippen molar-refractivity contribution in [3.63, 3.8) is 0 Å². The zero-order valence-electron chi connectivity index (χ0n) is 17.1. The van der Waals surface area contributed by atoms with Crippen LogP contribution in [0, 0.1) is 17.2 Å². The van der Waals surface area contributed by atoms with Crippen LogP contribution in [0.15, 0.2) is 54.1 Å². The summed E-state index contributed by atoms with van der Waals surface area (Å²) in [7, 11) is 0. The highest BCUT2D eigenvalue weighted by atomic mass is 16.5. The van der Waals surface area contributed by atoms with E-state index in [0.717, 1.165) is 49.2 Å². The van der Waals surface area contributed by atoms with E-state index in [1.54, 1.807) is 6.07 Å². The van der Waals surface area contributed by atoms with Crippen LogP contribution in [0.2, 0.25) is 0 Å². The molecule has 1 saturated heterocycles. The molecule has 1 aliphatic heterocycles. The third-order valence-corrected chi connectivity index (χ3v) is 5.89. The topological polar surface area (TPSA) is 70.4 Å². The molecule has 2 aromatic rings. The lowest BCUT2D eigenvalue weighted by Crippen LogP contribution is -2.36. The number of piperidine rings is 1. The first-order valence-electron chi connectivity index (χ1n) is 10.4. The molecule has 5 heteroatoms. The number of ether oxygens (including phenoxy) is 1. The van der Waals surface area contributed by atoms with E-state index in [1.807, 2.05) is 37.3 Å². The number of Topliss-reactive ketones (excluding diaryl/α,β-unsaturated/α-hetero) is 1. The summed E-state index contributed by atoms with van der Waals surface area (Å²) in [5, 5.41) is 9.54. The number of esters is 1. The Morgan fingerprint density at radius 3 is 2.40 bits per heavy atom. The molecule has 1 fully saturated rings. The van der Waals surface area contributed by atoms with Gasteiger partial charge in [-0.25, -0.2) is 0 Å². The van der Waals surface area contributed by atoms with Gasteiger partial charge in [0.25, 0.3) is 0 Å². The Morgan fingerprint density at radius 1 is 1.10 bits per heavy atom. The highest BCUT2D eigenvalue weighted by molar-refractivity contribution is 6.25. The fourth-order valence-electron chi connectivity index (χ4n) is 4.31. The monoisotopic (exact) mass is 400 g/mol. The van der Waals surface area contributed by atoms with Gasteiger partial charge in [-0.15, -0.1) is 0 Å². The number of carbonyl (C=O) groups is 2. The van der Waals surface area contributed by atoms with Crippen LogP contribution in [-0.2, 0) is 16.1 Å². The summed E-state index contributed by atoms with van der Waals surface area (Å²) in [6, 6.07) is 17.6. The number of likely N-dealkylation sites (tertiary alicyclic amines) is 1. The van der Waals surface area contributed by atoms with Crippen LogP contribution < -0.4 is 0 Å². The molecule has 0 unspecified atom stereocenters. The molecular formula is C25H24N2O3. The number of fused-ring (bicyclic) bond motifs is 1. The summed E-state index contributed by atoms with van der Waals surface area (Å²) in [6.45, 7) is 4.83. The van der Waals surface area contributed by atoms with Gasteiger partial charge < -0.3 is 4.74 Å². The first-order chi connectivity index (χ1) is 14.6. The van der Waals surface area contributed by atoms with E-state index >= 15 is 0 Å². The van der Waals surface area contributed by atoms with Crippen molar-refractivity contribution in [3.05, 3.63) is 76.4 Å². The Kier molecular flexibility index (Phi) is 5.78. The predicted octanol–water partition coefficient (Wildman–Crippen LogP) is 3.98. The minimum atomic E-state index is -0.198. The van der Waals surface area contributed by atoms with Gasteiger partial charge in [-0.3, -0.25) is 14.5 Å². The Morgan fingerprint density at radius 2 is 1.77 bits per heavy atom. The normalized spacial score (nSPS) is 17.0. The highest BCUT2D eigenvalue weighted by Gasteiger charge is 2.30. The molecule has 152 valence electrons. The summed E-state index contributed by atoms with van der Waals surface area (Å²) in [4.78, 5) is 26.8. The summed E-state index contributed by atoms with van der Waals surface area (Å²) in [5.74, 6) is -0.258. The molecular weight excluding hydrogens is 376 g/mol. The van der Waals surface area contributed by atoms with Gasteiger partial charge in [0.2, 0.25) is 5.78 Å². The quantitative estimate of drug-likeness (QED) is 0.710. The van der Waals surface area contributed by atoms with Crippen molar-refractivity contribution in [2.45, 2.75) is 26.3 Å². The second-order valence-electron chi connectivity index (χ2n) is 7.74. The fraction of sp³-hybridized carbons (Fsp3) is 0.320. The molecule has 0 saturated carbocycles. The van der Waals surface area contributed by atoms with Crippen molar-refractivity contribution in [1.82, 2.24) is 4.90 Å². The molecule has 0 radical (unpaired) electrons. The molecule has 0 aromatic heterocycles. The average Bonchev–Trinajstić information content (AvgIpc) is 3.07. The number of allylic oxidation sites excluding steroid dienone is 1. The molecule has 5 nitrogen and oxygen atoms in total. The highest BCUT2D eigenvalue weighted by Crippen LogP contribution is 2.37. The maximum Gasteiger partial charge on any atom is 0.309 e. The van der Waals surface area contributed by atoms with E-state index in [9.17, 15) is 14.9 Å².